The van der Waals surface area contributed by atoms with E-state index in [0.717, 1.165) is 5.75 Å². The van der Waals surface area contributed by atoms with Crippen LogP contribution in [0.2, 0.25) is 8.97 Å². The van der Waals surface area contributed by atoms with E-state index < -0.39 is 23.2 Å². The van der Waals surface area contributed by atoms with Crippen molar-refractivity contribution in [3.8, 4) is 5.75 Å². The first-order valence-electron chi connectivity index (χ1n) is 3.51. The third-order valence-corrected chi connectivity index (χ3v) is 4.01. The Balaban J connectivity index is 2.59. The summed E-state index contributed by atoms with van der Waals surface area (Å²) in [6, 6.07) is 10.0. The van der Waals surface area contributed by atoms with Gasteiger partial charge in [0.05, 0.1) is 0 Å². The van der Waals surface area contributed by atoms with Crippen LogP contribution in [0.15, 0.2) is 30.3 Å². The third-order valence-electron chi connectivity index (χ3n) is 1.11. The normalized spacial score (nSPS) is 9.00. The quantitative estimate of drug-likeness (QED) is 0.758. The van der Waals surface area contributed by atoms with Crippen LogP contribution in [0.3, 0.4) is 0 Å². The SMILES string of the molecule is [CH3][Tl]([CH3])[O]c1ccccc1. The number of hydrogen-bond acceptors (Lipinski definition) is 1. The summed E-state index contributed by atoms with van der Waals surface area (Å²) in [5.41, 5.74) is 0. The van der Waals surface area contributed by atoms with Crippen LogP contribution in [0.4, 0.5) is 0 Å². The molecule has 0 unspecified atom stereocenters. The van der Waals surface area contributed by atoms with E-state index in [-0.39, 0.29) is 0 Å². The van der Waals surface area contributed by atoms with Gasteiger partial charge in [-0.15, -0.1) is 0 Å². The molecule has 1 rings (SSSR count). The van der Waals surface area contributed by atoms with Gasteiger partial charge in [0.2, 0.25) is 0 Å². The predicted molar refractivity (Wildman–Crippen MR) is 44.6 cm³/mol. The monoisotopic (exact) mass is 328 g/mol. The molecule has 0 amide bonds. The summed E-state index contributed by atoms with van der Waals surface area (Å²) in [4.78, 5) is 0. The van der Waals surface area contributed by atoms with Crippen LogP contribution in [0, 0.1) is 0 Å². The van der Waals surface area contributed by atoms with E-state index in [1.54, 1.807) is 0 Å². The van der Waals surface area contributed by atoms with Gasteiger partial charge in [0.1, 0.15) is 0 Å². The third kappa shape index (κ3) is 2.68. The zero-order chi connectivity index (χ0) is 7.40. The van der Waals surface area contributed by atoms with Crippen molar-refractivity contribution in [1.29, 1.82) is 0 Å². The van der Waals surface area contributed by atoms with Gasteiger partial charge >= 0.3 is 70.9 Å². The van der Waals surface area contributed by atoms with Gasteiger partial charge < -0.3 is 0 Å². The topological polar surface area (TPSA) is 9.23 Å². The molecule has 0 heterocycles. The average Bonchev–Trinajstić information content (AvgIpc) is 1.88. The van der Waals surface area contributed by atoms with Gasteiger partial charge in [-0.2, -0.15) is 0 Å². The maximum atomic E-state index is 5.64. The minimum absolute atomic E-state index is 1.04. The second-order valence-corrected chi connectivity index (χ2v) is 11.5. The Hall–Kier alpha value is -0.0579. The molecule has 1 aromatic rings. The van der Waals surface area contributed by atoms with Crippen molar-refractivity contribution in [3.05, 3.63) is 30.3 Å². The van der Waals surface area contributed by atoms with E-state index in [2.05, 4.69) is 8.97 Å². The fraction of sp³-hybridized carbons (Fsp3) is 0.250. The summed E-state index contributed by atoms with van der Waals surface area (Å²) in [6.45, 7) is 0. The Morgan fingerprint density at radius 1 is 1.10 bits per heavy atom. The first-order chi connectivity index (χ1) is 4.79. The Labute approximate surface area is 70.8 Å². The van der Waals surface area contributed by atoms with Crippen molar-refractivity contribution >= 4 is 23.2 Å². The van der Waals surface area contributed by atoms with Gasteiger partial charge in [-0.05, 0) is 0 Å². The maximum absolute atomic E-state index is 5.64. The molecule has 0 radical (unpaired) electrons. The fourth-order valence-corrected chi connectivity index (χ4v) is 3.50. The van der Waals surface area contributed by atoms with Gasteiger partial charge in [0.15, 0.2) is 0 Å². The van der Waals surface area contributed by atoms with Gasteiger partial charge in [-0.1, -0.05) is 0 Å². The molecule has 0 N–H and O–H groups in total. The molecule has 1 aromatic carbocycles. The summed E-state index contributed by atoms with van der Waals surface area (Å²) < 4.78 is 10.1. The minimum atomic E-state index is -1.60. The van der Waals surface area contributed by atoms with Crippen LogP contribution in [-0.2, 0) is 0 Å². The first kappa shape index (κ1) is 8.04. The van der Waals surface area contributed by atoms with Crippen LogP contribution in [0.5, 0.6) is 5.75 Å². The molecule has 0 saturated carbocycles. The van der Waals surface area contributed by atoms with E-state index in [1.807, 2.05) is 30.3 Å². The van der Waals surface area contributed by atoms with Crippen LogP contribution in [0.1, 0.15) is 0 Å². The summed E-state index contributed by atoms with van der Waals surface area (Å²) in [5.74, 6) is 1.04. The van der Waals surface area contributed by atoms with Crippen LogP contribution in [-0.4, -0.2) is 23.2 Å². The molecule has 0 fully saturated rings. The molecule has 0 spiro atoms. The predicted octanol–water partition coefficient (Wildman–Crippen LogP) is 2.32. The number of para-hydroxylation sites is 1. The van der Waals surface area contributed by atoms with Crippen molar-refractivity contribution in [1.82, 2.24) is 0 Å². The molecule has 10 heavy (non-hydrogen) atoms. The average molecular weight is 328 g/mol. The van der Waals surface area contributed by atoms with Crippen LogP contribution < -0.4 is 2.69 Å². The van der Waals surface area contributed by atoms with Crippen molar-refractivity contribution in [2.45, 2.75) is 8.97 Å². The molecule has 2 heteroatoms. The van der Waals surface area contributed by atoms with Gasteiger partial charge in [0, 0.05) is 0 Å². The second-order valence-electron chi connectivity index (χ2n) is 2.48. The zero-order valence-electron chi connectivity index (χ0n) is 6.37. The van der Waals surface area contributed by atoms with Gasteiger partial charge in [-0.3, -0.25) is 0 Å². The molecule has 1 nitrogen and oxygen atoms in total. The van der Waals surface area contributed by atoms with E-state index in [1.165, 1.54) is 0 Å². The van der Waals surface area contributed by atoms with Crippen molar-refractivity contribution in [2.75, 3.05) is 0 Å². The summed E-state index contributed by atoms with van der Waals surface area (Å²) in [5, 5.41) is 0. The van der Waals surface area contributed by atoms with Crippen LogP contribution in [0.25, 0.3) is 0 Å². The Morgan fingerprint density at radius 3 is 2.20 bits per heavy atom. The number of rotatable bonds is 2. The molecule has 0 bridgehead atoms. The molecule has 0 saturated heterocycles. The fourth-order valence-electron chi connectivity index (χ4n) is 0.771. The van der Waals surface area contributed by atoms with E-state index in [0.29, 0.717) is 0 Å². The number of hydrogen-bond donors (Lipinski definition) is 0. The molecule has 0 aliphatic rings. The van der Waals surface area contributed by atoms with Gasteiger partial charge in [0.25, 0.3) is 0 Å². The molecule has 0 atom stereocenters. The van der Waals surface area contributed by atoms with Crippen LogP contribution >= 0.6 is 0 Å². The van der Waals surface area contributed by atoms with E-state index in [9.17, 15) is 0 Å². The summed E-state index contributed by atoms with van der Waals surface area (Å²) in [7, 11) is 0. The van der Waals surface area contributed by atoms with Crippen molar-refractivity contribution < 1.29 is 2.69 Å². The summed E-state index contributed by atoms with van der Waals surface area (Å²) >= 11 is -1.60. The number of benzene rings is 1. The van der Waals surface area contributed by atoms with E-state index in [4.69, 9.17) is 2.69 Å². The zero-order valence-corrected chi connectivity index (χ0v) is 10.9. The molecule has 0 aliphatic heterocycles. The first-order valence-corrected chi connectivity index (χ1v) is 14.3. The van der Waals surface area contributed by atoms with Gasteiger partial charge in [-0.25, -0.2) is 0 Å². The molecular formula is C8H11OTl. The Morgan fingerprint density at radius 2 is 1.70 bits per heavy atom. The Bertz CT molecular complexity index is 184. The molecule has 0 aliphatic carbocycles. The molecular weight excluding hydrogens is 316 g/mol. The summed E-state index contributed by atoms with van der Waals surface area (Å²) in [6.07, 6.45) is 0. The second kappa shape index (κ2) is 3.96. The standard InChI is InChI=1S/C6H6O.2CH3.Tl/c7-6-4-2-1-3-5-6;;;/h1-5,7H;2*1H3;/q;;;+1/p-1. The van der Waals surface area contributed by atoms with E-state index >= 15 is 0 Å². The molecule has 52 valence electrons. The van der Waals surface area contributed by atoms with Crippen molar-refractivity contribution in [3.63, 3.8) is 0 Å². The molecule has 0 aromatic heterocycles. The van der Waals surface area contributed by atoms with Crippen molar-refractivity contribution in [2.24, 2.45) is 0 Å². The Kier molecular flexibility index (Phi) is 3.18.